The first-order chi connectivity index (χ1) is 12.5. The van der Waals surface area contributed by atoms with Gasteiger partial charge in [-0.25, -0.2) is 0 Å². The van der Waals surface area contributed by atoms with Gasteiger partial charge in [-0.05, 0) is 42.3 Å². The van der Waals surface area contributed by atoms with Crippen molar-refractivity contribution >= 4 is 28.5 Å². The molecule has 0 radical (unpaired) electrons. The first kappa shape index (κ1) is 16.5. The number of hydrogen-bond donors (Lipinski definition) is 0. The smallest absolute Gasteiger partial charge is 0.291 e. The molecule has 1 aliphatic rings. The number of benzene rings is 1. The minimum atomic E-state index is -0.542. The second-order valence-electron chi connectivity index (χ2n) is 6.20. The number of rotatable bonds is 3. The SMILES string of the molecule is C=CCN1C(=O)c2oc3cc(C)c(Cl)cc3c(=O)c2C1c1ccncc1. The molecule has 6 heteroatoms. The van der Waals surface area contributed by atoms with Crippen LogP contribution in [0.1, 0.15) is 33.3 Å². The van der Waals surface area contributed by atoms with E-state index in [0.29, 0.717) is 28.1 Å². The molecule has 4 rings (SSSR count). The van der Waals surface area contributed by atoms with Gasteiger partial charge in [-0.2, -0.15) is 0 Å². The highest BCUT2D eigenvalue weighted by atomic mass is 35.5. The molecule has 0 saturated carbocycles. The van der Waals surface area contributed by atoms with Crippen LogP contribution in [0.5, 0.6) is 0 Å². The van der Waals surface area contributed by atoms with Crippen LogP contribution in [-0.2, 0) is 0 Å². The minimum absolute atomic E-state index is 0.0767. The second-order valence-corrected chi connectivity index (χ2v) is 6.61. The van der Waals surface area contributed by atoms with Crippen LogP contribution < -0.4 is 5.43 Å². The Morgan fingerprint density at radius 1 is 1.31 bits per heavy atom. The molecule has 0 saturated heterocycles. The van der Waals surface area contributed by atoms with E-state index in [0.717, 1.165) is 11.1 Å². The van der Waals surface area contributed by atoms with Crippen LogP contribution in [0.4, 0.5) is 0 Å². The second kappa shape index (κ2) is 6.11. The molecule has 0 fully saturated rings. The highest BCUT2D eigenvalue weighted by Crippen LogP contribution is 2.38. The van der Waals surface area contributed by atoms with Crippen LogP contribution in [0.3, 0.4) is 0 Å². The summed E-state index contributed by atoms with van der Waals surface area (Å²) in [6.45, 7) is 5.84. The largest absolute Gasteiger partial charge is 0.450 e. The monoisotopic (exact) mass is 366 g/mol. The van der Waals surface area contributed by atoms with E-state index in [-0.39, 0.29) is 17.1 Å². The lowest BCUT2D eigenvalue weighted by Crippen LogP contribution is -2.29. The van der Waals surface area contributed by atoms with E-state index < -0.39 is 6.04 Å². The predicted molar refractivity (Wildman–Crippen MR) is 99.5 cm³/mol. The van der Waals surface area contributed by atoms with Crippen LogP contribution >= 0.6 is 11.6 Å². The van der Waals surface area contributed by atoms with Gasteiger partial charge in [0.2, 0.25) is 5.76 Å². The summed E-state index contributed by atoms with van der Waals surface area (Å²) in [4.78, 5) is 31.7. The first-order valence-electron chi connectivity index (χ1n) is 8.11. The summed E-state index contributed by atoms with van der Waals surface area (Å²) in [6, 6.07) is 6.32. The lowest BCUT2D eigenvalue weighted by atomic mass is 9.99. The third-order valence-electron chi connectivity index (χ3n) is 4.59. The van der Waals surface area contributed by atoms with Crippen molar-refractivity contribution in [1.82, 2.24) is 9.88 Å². The molecule has 1 unspecified atom stereocenters. The van der Waals surface area contributed by atoms with Crippen molar-refractivity contribution in [2.45, 2.75) is 13.0 Å². The van der Waals surface area contributed by atoms with Crippen molar-refractivity contribution in [2.75, 3.05) is 6.54 Å². The van der Waals surface area contributed by atoms with Crippen molar-refractivity contribution in [1.29, 1.82) is 0 Å². The highest BCUT2D eigenvalue weighted by molar-refractivity contribution is 6.32. The van der Waals surface area contributed by atoms with E-state index in [2.05, 4.69) is 11.6 Å². The minimum Gasteiger partial charge on any atom is -0.450 e. The van der Waals surface area contributed by atoms with Crippen LogP contribution in [0.2, 0.25) is 5.02 Å². The van der Waals surface area contributed by atoms with Gasteiger partial charge in [-0.15, -0.1) is 6.58 Å². The summed E-state index contributed by atoms with van der Waals surface area (Å²) in [6.07, 6.45) is 4.89. The predicted octanol–water partition coefficient (Wildman–Crippen LogP) is 3.88. The Hall–Kier alpha value is -2.92. The molecule has 0 bridgehead atoms. The standard InChI is InChI=1S/C20H15ClN2O3/c1-3-8-23-17(12-4-6-22-7-5-12)16-18(24)13-10-14(21)11(2)9-15(13)26-19(16)20(23)25/h3-7,9-10,17H,1,8H2,2H3. The maximum absolute atomic E-state index is 13.2. The van der Waals surface area contributed by atoms with E-state index in [9.17, 15) is 9.59 Å². The Balaban J connectivity index is 2.05. The molecule has 0 spiro atoms. The van der Waals surface area contributed by atoms with Gasteiger partial charge in [0.25, 0.3) is 5.91 Å². The van der Waals surface area contributed by atoms with Gasteiger partial charge >= 0.3 is 0 Å². The van der Waals surface area contributed by atoms with Gasteiger partial charge in [0, 0.05) is 24.0 Å². The fourth-order valence-corrected chi connectivity index (χ4v) is 3.52. The maximum Gasteiger partial charge on any atom is 0.291 e. The summed E-state index contributed by atoms with van der Waals surface area (Å²) in [5.41, 5.74) is 2.01. The molecule has 3 aromatic rings. The van der Waals surface area contributed by atoms with E-state index in [1.54, 1.807) is 47.6 Å². The van der Waals surface area contributed by atoms with Gasteiger partial charge in [0.15, 0.2) is 5.43 Å². The normalized spacial score (nSPS) is 16.2. The molecule has 130 valence electrons. The van der Waals surface area contributed by atoms with Crippen molar-refractivity contribution in [3.05, 3.63) is 87.0 Å². The number of carbonyl (C=O) groups is 1. The van der Waals surface area contributed by atoms with Crippen LogP contribution in [-0.4, -0.2) is 22.3 Å². The third-order valence-corrected chi connectivity index (χ3v) is 5.00. The molecular formula is C20H15ClN2O3. The lowest BCUT2D eigenvalue weighted by molar-refractivity contribution is 0.0748. The Kier molecular flexibility index (Phi) is 3.89. The van der Waals surface area contributed by atoms with Gasteiger partial charge < -0.3 is 9.32 Å². The Morgan fingerprint density at radius 3 is 2.73 bits per heavy atom. The fourth-order valence-electron chi connectivity index (χ4n) is 3.36. The zero-order chi connectivity index (χ0) is 18.4. The van der Waals surface area contributed by atoms with Gasteiger partial charge in [0.05, 0.1) is 17.0 Å². The van der Waals surface area contributed by atoms with E-state index in [1.165, 1.54) is 0 Å². The molecule has 3 heterocycles. The molecule has 1 aromatic carbocycles. The summed E-state index contributed by atoms with van der Waals surface area (Å²) < 4.78 is 5.86. The number of pyridine rings is 1. The fraction of sp³-hybridized carbons (Fsp3) is 0.150. The molecule has 2 aromatic heterocycles. The zero-order valence-corrected chi connectivity index (χ0v) is 14.8. The van der Waals surface area contributed by atoms with Crippen molar-refractivity contribution in [3.63, 3.8) is 0 Å². The van der Waals surface area contributed by atoms with E-state index >= 15 is 0 Å². The average molecular weight is 367 g/mol. The first-order valence-corrected chi connectivity index (χ1v) is 8.49. The Bertz CT molecular complexity index is 1110. The molecule has 1 amide bonds. The van der Waals surface area contributed by atoms with Gasteiger partial charge in [-0.1, -0.05) is 17.7 Å². The number of aromatic nitrogens is 1. The molecule has 1 atom stereocenters. The average Bonchev–Trinajstić information content (AvgIpc) is 2.91. The molecular weight excluding hydrogens is 352 g/mol. The van der Waals surface area contributed by atoms with Gasteiger partial charge in [-0.3, -0.25) is 14.6 Å². The number of nitrogens with zero attached hydrogens (tertiary/aromatic N) is 2. The van der Waals surface area contributed by atoms with Crippen LogP contribution in [0.15, 0.2) is 58.5 Å². The van der Waals surface area contributed by atoms with Crippen molar-refractivity contribution in [2.24, 2.45) is 0 Å². The summed E-state index contributed by atoms with van der Waals surface area (Å²) in [7, 11) is 0. The number of hydrogen-bond acceptors (Lipinski definition) is 4. The number of amides is 1. The van der Waals surface area contributed by atoms with Crippen molar-refractivity contribution in [3.8, 4) is 0 Å². The quantitative estimate of drug-likeness (QED) is 0.660. The lowest BCUT2D eigenvalue weighted by Gasteiger charge is -2.23. The maximum atomic E-state index is 13.2. The summed E-state index contributed by atoms with van der Waals surface area (Å²) in [5.74, 6) is -0.249. The molecule has 26 heavy (non-hydrogen) atoms. The summed E-state index contributed by atoms with van der Waals surface area (Å²) >= 11 is 6.19. The third kappa shape index (κ3) is 2.35. The Morgan fingerprint density at radius 2 is 2.04 bits per heavy atom. The molecule has 5 nitrogen and oxygen atoms in total. The van der Waals surface area contributed by atoms with E-state index in [1.807, 2.05) is 6.92 Å². The summed E-state index contributed by atoms with van der Waals surface area (Å²) in [5, 5.41) is 0.851. The van der Waals surface area contributed by atoms with Crippen molar-refractivity contribution < 1.29 is 9.21 Å². The number of carbonyl (C=O) groups excluding carboxylic acids is 1. The topological polar surface area (TPSA) is 63.4 Å². The molecule has 0 N–H and O–H groups in total. The van der Waals surface area contributed by atoms with Crippen LogP contribution in [0.25, 0.3) is 11.0 Å². The number of fused-ring (bicyclic) bond motifs is 2. The number of aryl methyl sites for hydroxylation is 1. The van der Waals surface area contributed by atoms with E-state index in [4.69, 9.17) is 16.0 Å². The van der Waals surface area contributed by atoms with Crippen LogP contribution in [0, 0.1) is 6.92 Å². The molecule has 1 aliphatic heterocycles. The zero-order valence-electron chi connectivity index (χ0n) is 14.0. The highest BCUT2D eigenvalue weighted by Gasteiger charge is 2.42. The number of halogens is 1. The molecule has 0 aliphatic carbocycles. The Labute approximate surface area is 154 Å². The van der Waals surface area contributed by atoms with Gasteiger partial charge in [0.1, 0.15) is 5.58 Å².